The topological polar surface area (TPSA) is 74.6 Å². The molecule has 0 aromatic carbocycles. The maximum absolute atomic E-state index is 10.9. The van der Waals surface area contributed by atoms with Gasteiger partial charge in [0.2, 0.25) is 0 Å². The molecule has 0 rings (SSSR count). The van der Waals surface area contributed by atoms with E-state index in [-0.39, 0.29) is 24.2 Å². The summed E-state index contributed by atoms with van der Waals surface area (Å²) in [6, 6.07) is 0. The van der Waals surface area contributed by atoms with E-state index in [4.69, 9.17) is 10.2 Å². The average Bonchev–Trinajstić information content (AvgIpc) is 2.00. The van der Waals surface area contributed by atoms with E-state index in [0.717, 1.165) is 0 Å². The zero-order valence-corrected chi connectivity index (χ0v) is 9.56. The molecule has 0 amide bonds. The van der Waals surface area contributed by atoms with Gasteiger partial charge in [-0.05, 0) is 24.7 Å². The monoisotopic (exact) mass is 216 g/mol. The molecule has 2 atom stereocenters. The minimum absolute atomic E-state index is 0.0445. The predicted octanol–water partition coefficient (Wildman–Crippen LogP) is 2.23. The van der Waals surface area contributed by atoms with Crippen molar-refractivity contribution in [3.8, 4) is 0 Å². The second kappa shape index (κ2) is 6.43. The van der Waals surface area contributed by atoms with E-state index in [0.29, 0.717) is 12.8 Å². The number of hydrogen-bond donors (Lipinski definition) is 2. The van der Waals surface area contributed by atoms with Gasteiger partial charge in [-0.3, -0.25) is 9.59 Å². The zero-order valence-electron chi connectivity index (χ0n) is 9.56. The van der Waals surface area contributed by atoms with Crippen molar-refractivity contribution >= 4 is 11.9 Å². The van der Waals surface area contributed by atoms with Gasteiger partial charge in [0.25, 0.3) is 0 Å². The number of aliphatic carboxylic acids is 2. The first-order chi connectivity index (χ1) is 6.84. The molecule has 0 bridgehead atoms. The lowest BCUT2D eigenvalue weighted by Gasteiger charge is -2.17. The van der Waals surface area contributed by atoms with Crippen LogP contribution < -0.4 is 0 Å². The number of carbonyl (C=O) groups is 2. The van der Waals surface area contributed by atoms with Crippen LogP contribution in [0.3, 0.4) is 0 Å². The lowest BCUT2D eigenvalue weighted by molar-refractivity contribution is -0.143. The number of carboxylic acid groups (broad SMARTS) is 2. The van der Waals surface area contributed by atoms with Crippen LogP contribution in [-0.2, 0) is 9.59 Å². The molecule has 0 radical (unpaired) electrons. The first kappa shape index (κ1) is 13.9. The zero-order chi connectivity index (χ0) is 12.0. The quantitative estimate of drug-likeness (QED) is 0.684. The summed E-state index contributed by atoms with van der Waals surface area (Å²) in [5.74, 6) is -1.82. The van der Waals surface area contributed by atoms with E-state index in [1.54, 1.807) is 0 Å². The summed E-state index contributed by atoms with van der Waals surface area (Å²) in [4.78, 5) is 21.3. The second-order valence-corrected chi connectivity index (χ2v) is 4.47. The highest BCUT2D eigenvalue weighted by Crippen LogP contribution is 2.21. The Morgan fingerprint density at radius 1 is 1.07 bits per heavy atom. The van der Waals surface area contributed by atoms with Gasteiger partial charge in [-0.15, -0.1) is 0 Å². The van der Waals surface area contributed by atoms with Gasteiger partial charge in [-0.2, -0.15) is 0 Å². The highest BCUT2D eigenvalue weighted by atomic mass is 16.4. The minimum Gasteiger partial charge on any atom is -0.481 e. The second-order valence-electron chi connectivity index (χ2n) is 4.47. The Morgan fingerprint density at radius 3 is 1.93 bits per heavy atom. The van der Waals surface area contributed by atoms with Crippen LogP contribution in [0, 0.1) is 17.8 Å². The fraction of sp³-hybridized carbons (Fsp3) is 0.818. The van der Waals surface area contributed by atoms with Gasteiger partial charge in [-0.1, -0.05) is 20.8 Å². The van der Waals surface area contributed by atoms with Gasteiger partial charge in [-0.25, -0.2) is 0 Å². The molecule has 0 saturated carbocycles. The van der Waals surface area contributed by atoms with Crippen molar-refractivity contribution in [2.24, 2.45) is 17.8 Å². The summed E-state index contributed by atoms with van der Waals surface area (Å²) in [6.07, 6.45) is 1.33. The summed E-state index contributed by atoms with van der Waals surface area (Å²) in [7, 11) is 0. The Labute approximate surface area is 90.3 Å². The first-order valence-electron chi connectivity index (χ1n) is 5.29. The Bertz CT molecular complexity index is 223. The lowest BCUT2D eigenvalue weighted by atomic mass is 9.88. The molecule has 4 nitrogen and oxygen atoms in total. The van der Waals surface area contributed by atoms with Crippen LogP contribution in [0.2, 0.25) is 0 Å². The predicted molar refractivity (Wildman–Crippen MR) is 56.6 cm³/mol. The third-order valence-electron chi connectivity index (χ3n) is 2.62. The summed E-state index contributed by atoms with van der Waals surface area (Å²) < 4.78 is 0. The molecule has 0 aromatic rings. The Morgan fingerprint density at radius 2 is 1.60 bits per heavy atom. The summed E-state index contributed by atoms with van der Waals surface area (Å²) >= 11 is 0. The van der Waals surface area contributed by atoms with Gasteiger partial charge in [0.15, 0.2) is 0 Å². The molecule has 0 aliphatic heterocycles. The summed E-state index contributed by atoms with van der Waals surface area (Å²) in [5.41, 5.74) is 0. The van der Waals surface area contributed by atoms with Crippen LogP contribution in [0.5, 0.6) is 0 Å². The Kier molecular flexibility index (Phi) is 5.97. The Balaban J connectivity index is 3.99. The molecule has 0 aliphatic rings. The molecule has 4 heteroatoms. The van der Waals surface area contributed by atoms with E-state index in [2.05, 4.69) is 0 Å². The first-order valence-corrected chi connectivity index (χ1v) is 5.29. The van der Waals surface area contributed by atoms with Crippen LogP contribution in [0.25, 0.3) is 0 Å². The molecule has 88 valence electrons. The van der Waals surface area contributed by atoms with Crippen LogP contribution in [0.15, 0.2) is 0 Å². The van der Waals surface area contributed by atoms with Crippen LogP contribution in [0.4, 0.5) is 0 Å². The van der Waals surface area contributed by atoms with Crippen molar-refractivity contribution in [1.82, 2.24) is 0 Å². The minimum atomic E-state index is -0.820. The number of carboxylic acids is 2. The van der Waals surface area contributed by atoms with Crippen molar-refractivity contribution < 1.29 is 19.8 Å². The van der Waals surface area contributed by atoms with Gasteiger partial charge < -0.3 is 10.2 Å². The molecule has 0 saturated heterocycles. The highest BCUT2D eigenvalue weighted by molar-refractivity contribution is 5.70. The maximum atomic E-state index is 10.9. The molecule has 2 N–H and O–H groups in total. The SMILES string of the molecule is CC(CCC(C(=O)O)C(C)C)CC(=O)O. The van der Waals surface area contributed by atoms with Crippen molar-refractivity contribution in [1.29, 1.82) is 0 Å². The lowest BCUT2D eigenvalue weighted by Crippen LogP contribution is -2.20. The van der Waals surface area contributed by atoms with E-state index in [9.17, 15) is 9.59 Å². The fourth-order valence-corrected chi connectivity index (χ4v) is 1.61. The van der Waals surface area contributed by atoms with Crippen LogP contribution in [-0.4, -0.2) is 22.2 Å². The normalized spacial score (nSPS) is 14.9. The van der Waals surface area contributed by atoms with Crippen molar-refractivity contribution in [3.63, 3.8) is 0 Å². The average molecular weight is 216 g/mol. The number of rotatable bonds is 7. The van der Waals surface area contributed by atoms with E-state index >= 15 is 0 Å². The molecule has 2 unspecified atom stereocenters. The molecule has 0 aliphatic carbocycles. The van der Waals surface area contributed by atoms with Gasteiger partial charge in [0.1, 0.15) is 0 Å². The van der Waals surface area contributed by atoms with Crippen LogP contribution in [0.1, 0.15) is 40.0 Å². The van der Waals surface area contributed by atoms with Crippen LogP contribution >= 0.6 is 0 Å². The highest BCUT2D eigenvalue weighted by Gasteiger charge is 2.22. The van der Waals surface area contributed by atoms with Gasteiger partial charge in [0, 0.05) is 6.42 Å². The molecule has 0 heterocycles. The molecule has 15 heavy (non-hydrogen) atoms. The van der Waals surface area contributed by atoms with E-state index in [1.807, 2.05) is 20.8 Å². The molecule has 0 aromatic heterocycles. The fourth-order valence-electron chi connectivity index (χ4n) is 1.61. The third-order valence-corrected chi connectivity index (χ3v) is 2.62. The van der Waals surface area contributed by atoms with E-state index < -0.39 is 11.9 Å². The largest absolute Gasteiger partial charge is 0.481 e. The van der Waals surface area contributed by atoms with Gasteiger partial charge >= 0.3 is 11.9 Å². The summed E-state index contributed by atoms with van der Waals surface area (Å²) in [6.45, 7) is 5.59. The van der Waals surface area contributed by atoms with Crippen molar-refractivity contribution in [3.05, 3.63) is 0 Å². The number of hydrogen-bond acceptors (Lipinski definition) is 2. The standard InChI is InChI=1S/C11H20O4/c1-7(2)9(11(14)15)5-4-8(3)6-10(12)13/h7-9H,4-6H2,1-3H3,(H,12,13)(H,14,15). The smallest absolute Gasteiger partial charge is 0.306 e. The van der Waals surface area contributed by atoms with Crippen molar-refractivity contribution in [2.45, 2.75) is 40.0 Å². The molecular weight excluding hydrogens is 196 g/mol. The summed E-state index contributed by atoms with van der Waals surface area (Å²) in [5, 5.41) is 17.5. The Hall–Kier alpha value is -1.06. The maximum Gasteiger partial charge on any atom is 0.306 e. The molecular formula is C11H20O4. The van der Waals surface area contributed by atoms with Gasteiger partial charge in [0.05, 0.1) is 5.92 Å². The molecule has 0 fully saturated rings. The molecule has 0 spiro atoms. The van der Waals surface area contributed by atoms with E-state index in [1.165, 1.54) is 0 Å². The van der Waals surface area contributed by atoms with Crippen molar-refractivity contribution in [2.75, 3.05) is 0 Å². The third kappa shape index (κ3) is 6.10.